The highest BCUT2D eigenvalue weighted by atomic mass is 16.4. The summed E-state index contributed by atoms with van der Waals surface area (Å²) in [5.41, 5.74) is 5.20. The maximum atomic E-state index is 11.6. The summed E-state index contributed by atoms with van der Waals surface area (Å²) in [6.07, 6.45) is 7.84. The maximum absolute atomic E-state index is 11.6. The molecule has 1 unspecified atom stereocenters. The Kier molecular flexibility index (Phi) is 4.05. The van der Waals surface area contributed by atoms with E-state index in [4.69, 9.17) is 9.98 Å². The highest BCUT2D eigenvalue weighted by Gasteiger charge is 2.28. The number of carboxylic acids is 1. The van der Waals surface area contributed by atoms with E-state index in [1.807, 2.05) is 18.2 Å². The molecule has 2 aliphatic rings. The van der Waals surface area contributed by atoms with Crippen molar-refractivity contribution in [1.29, 1.82) is 0 Å². The zero-order valence-corrected chi connectivity index (χ0v) is 13.8. The van der Waals surface area contributed by atoms with Crippen molar-refractivity contribution in [2.75, 3.05) is 0 Å². The molecule has 1 heterocycles. The maximum Gasteiger partial charge on any atom is 0.312 e. The number of hydrogen-bond donors (Lipinski definition) is 1. The summed E-state index contributed by atoms with van der Waals surface area (Å²) in [7, 11) is 0. The van der Waals surface area contributed by atoms with Gasteiger partial charge in [-0.2, -0.15) is 0 Å². The molecule has 4 heteroatoms. The van der Waals surface area contributed by atoms with Crippen molar-refractivity contribution in [1.82, 2.24) is 4.98 Å². The summed E-state index contributed by atoms with van der Waals surface area (Å²) >= 11 is 0. The molecule has 0 aliphatic heterocycles. The van der Waals surface area contributed by atoms with Crippen LogP contribution in [0.4, 0.5) is 5.69 Å². The Morgan fingerprint density at radius 2 is 1.88 bits per heavy atom. The second-order valence-corrected chi connectivity index (χ2v) is 6.85. The number of fused-ring (bicyclic) bond motifs is 2. The number of aliphatic carboxylic acids is 1. The van der Waals surface area contributed by atoms with Gasteiger partial charge in [0, 0.05) is 16.8 Å². The fraction of sp³-hybridized carbons (Fsp3) is 0.450. The molecule has 124 valence electrons. The van der Waals surface area contributed by atoms with Crippen molar-refractivity contribution >= 4 is 28.3 Å². The first kappa shape index (κ1) is 15.3. The van der Waals surface area contributed by atoms with Crippen LogP contribution in [-0.4, -0.2) is 21.8 Å². The van der Waals surface area contributed by atoms with E-state index in [1.165, 1.54) is 12.0 Å². The molecule has 0 saturated heterocycles. The molecular weight excluding hydrogens is 300 g/mol. The topological polar surface area (TPSA) is 62.5 Å². The smallest absolute Gasteiger partial charge is 0.312 e. The summed E-state index contributed by atoms with van der Waals surface area (Å²) in [6.45, 7) is 0. The van der Waals surface area contributed by atoms with Crippen LogP contribution in [0.2, 0.25) is 0 Å². The molecule has 1 aromatic heterocycles. The van der Waals surface area contributed by atoms with Gasteiger partial charge in [0.15, 0.2) is 0 Å². The molecule has 1 saturated carbocycles. The molecule has 1 atom stereocenters. The predicted molar refractivity (Wildman–Crippen MR) is 95.1 cm³/mol. The van der Waals surface area contributed by atoms with E-state index >= 15 is 0 Å². The molecule has 0 spiro atoms. The minimum absolute atomic E-state index is 0.426. The van der Waals surface area contributed by atoms with E-state index in [-0.39, 0.29) is 0 Å². The highest BCUT2D eigenvalue weighted by Crippen LogP contribution is 2.37. The SMILES string of the molecule is O=C(O)C1CCCCC1=Nc1c2c(nc3ccccc13)CCCC2. The van der Waals surface area contributed by atoms with E-state index in [0.29, 0.717) is 6.42 Å². The van der Waals surface area contributed by atoms with E-state index in [0.717, 1.165) is 66.5 Å². The second kappa shape index (κ2) is 6.34. The standard InChI is InChI=1S/C20H22N2O2/c23-20(24)15-9-3-6-12-18(15)22-19-13-7-1-4-10-16(13)21-17-11-5-2-8-14(17)19/h1,4,7,10,15H,2-3,5-6,8-9,11-12H2,(H,23,24). The van der Waals surface area contributed by atoms with Crippen LogP contribution in [0, 0.1) is 5.92 Å². The normalized spacial score (nSPS) is 22.5. The number of aromatic nitrogens is 1. The fourth-order valence-corrected chi connectivity index (χ4v) is 4.01. The number of rotatable bonds is 2. The Hall–Kier alpha value is -2.23. The summed E-state index contributed by atoms with van der Waals surface area (Å²) in [5, 5.41) is 10.6. The Morgan fingerprint density at radius 1 is 1.08 bits per heavy atom. The lowest BCUT2D eigenvalue weighted by atomic mass is 9.86. The van der Waals surface area contributed by atoms with E-state index in [2.05, 4.69) is 6.07 Å². The van der Waals surface area contributed by atoms with Crippen LogP contribution < -0.4 is 0 Å². The number of hydrogen-bond acceptors (Lipinski definition) is 3. The van der Waals surface area contributed by atoms with Crippen LogP contribution in [0.3, 0.4) is 0 Å². The van der Waals surface area contributed by atoms with Gasteiger partial charge in [0.1, 0.15) is 0 Å². The van der Waals surface area contributed by atoms with E-state index in [9.17, 15) is 9.90 Å². The van der Waals surface area contributed by atoms with Crippen molar-refractivity contribution in [3.63, 3.8) is 0 Å². The molecule has 2 aliphatic carbocycles. The van der Waals surface area contributed by atoms with Gasteiger partial charge in [-0.25, -0.2) is 0 Å². The summed E-state index contributed by atoms with van der Waals surface area (Å²) in [4.78, 5) is 21.4. The van der Waals surface area contributed by atoms with Crippen molar-refractivity contribution in [3.8, 4) is 0 Å². The number of aryl methyl sites for hydroxylation is 1. The van der Waals surface area contributed by atoms with Crippen LogP contribution in [0.5, 0.6) is 0 Å². The van der Waals surface area contributed by atoms with Crippen LogP contribution in [0.1, 0.15) is 49.8 Å². The van der Waals surface area contributed by atoms with Crippen molar-refractivity contribution in [2.45, 2.75) is 51.4 Å². The lowest BCUT2D eigenvalue weighted by molar-refractivity contribution is -0.139. The molecule has 0 bridgehead atoms. The first-order valence-electron chi connectivity index (χ1n) is 8.95. The third-order valence-corrected chi connectivity index (χ3v) is 5.27. The minimum atomic E-state index is -0.735. The van der Waals surface area contributed by atoms with Crippen molar-refractivity contribution in [2.24, 2.45) is 10.9 Å². The van der Waals surface area contributed by atoms with Gasteiger partial charge < -0.3 is 5.11 Å². The molecular formula is C20H22N2O2. The molecule has 0 radical (unpaired) electrons. The first-order chi connectivity index (χ1) is 11.7. The summed E-state index contributed by atoms with van der Waals surface area (Å²) < 4.78 is 0. The molecule has 4 rings (SSSR count). The second-order valence-electron chi connectivity index (χ2n) is 6.85. The van der Waals surface area contributed by atoms with Crippen LogP contribution in [0.25, 0.3) is 10.9 Å². The largest absolute Gasteiger partial charge is 0.481 e. The van der Waals surface area contributed by atoms with Crippen molar-refractivity contribution < 1.29 is 9.90 Å². The third-order valence-electron chi connectivity index (χ3n) is 5.27. The van der Waals surface area contributed by atoms with E-state index < -0.39 is 11.9 Å². The van der Waals surface area contributed by atoms with E-state index in [1.54, 1.807) is 0 Å². The molecule has 2 aromatic rings. The van der Waals surface area contributed by atoms with Crippen LogP contribution >= 0.6 is 0 Å². The number of nitrogens with zero attached hydrogens (tertiary/aromatic N) is 2. The third kappa shape index (κ3) is 2.70. The van der Waals surface area contributed by atoms with Crippen LogP contribution in [0.15, 0.2) is 29.3 Å². The average molecular weight is 322 g/mol. The van der Waals surface area contributed by atoms with Gasteiger partial charge in [-0.05, 0) is 56.6 Å². The first-order valence-corrected chi connectivity index (χ1v) is 8.95. The quantitative estimate of drug-likeness (QED) is 0.888. The number of carboxylic acid groups (broad SMARTS) is 1. The number of aliphatic imine (C=N–C) groups is 1. The molecule has 1 fully saturated rings. The van der Waals surface area contributed by atoms with Gasteiger partial charge in [0.05, 0.1) is 17.1 Å². The van der Waals surface area contributed by atoms with Gasteiger partial charge >= 0.3 is 5.97 Å². The Bertz CT molecular complexity index is 826. The molecule has 24 heavy (non-hydrogen) atoms. The van der Waals surface area contributed by atoms with Gasteiger partial charge in [-0.15, -0.1) is 0 Å². The molecule has 1 aromatic carbocycles. The fourth-order valence-electron chi connectivity index (χ4n) is 4.01. The van der Waals surface area contributed by atoms with Crippen LogP contribution in [-0.2, 0) is 17.6 Å². The molecule has 0 amide bonds. The number of benzene rings is 1. The van der Waals surface area contributed by atoms with Gasteiger partial charge in [-0.3, -0.25) is 14.8 Å². The van der Waals surface area contributed by atoms with Gasteiger partial charge in [-0.1, -0.05) is 24.6 Å². The Morgan fingerprint density at radius 3 is 2.75 bits per heavy atom. The number of carbonyl (C=O) groups is 1. The van der Waals surface area contributed by atoms with Gasteiger partial charge in [0.25, 0.3) is 0 Å². The average Bonchev–Trinajstić information content (AvgIpc) is 2.62. The monoisotopic (exact) mass is 322 g/mol. The highest BCUT2D eigenvalue weighted by molar-refractivity contribution is 6.05. The lowest BCUT2D eigenvalue weighted by Crippen LogP contribution is -2.27. The molecule has 4 nitrogen and oxygen atoms in total. The summed E-state index contributed by atoms with van der Waals surface area (Å²) in [5.74, 6) is -1.16. The zero-order valence-electron chi connectivity index (χ0n) is 13.8. The van der Waals surface area contributed by atoms with Crippen molar-refractivity contribution in [3.05, 3.63) is 35.5 Å². The number of pyridine rings is 1. The molecule has 1 N–H and O–H groups in total. The Balaban J connectivity index is 1.91. The zero-order chi connectivity index (χ0) is 16.5. The van der Waals surface area contributed by atoms with Gasteiger partial charge in [0.2, 0.25) is 0 Å². The minimum Gasteiger partial charge on any atom is -0.481 e. The number of para-hydroxylation sites is 1. The summed E-state index contributed by atoms with van der Waals surface area (Å²) in [6, 6.07) is 8.11. The predicted octanol–water partition coefficient (Wildman–Crippen LogP) is 4.46. The Labute approximate surface area is 141 Å². The lowest BCUT2D eigenvalue weighted by Gasteiger charge is -2.23.